The molecular weight excluding hydrogens is 186 g/mol. The van der Waals surface area contributed by atoms with Crippen molar-refractivity contribution in [3.8, 4) is 0 Å². The van der Waals surface area contributed by atoms with Gasteiger partial charge in [0.05, 0.1) is 0 Å². The molecule has 0 heterocycles. The number of carboxylic acid groups (broad SMARTS) is 1. The SMILES string of the molecule is CSC1(C(N)C(=O)O)CCCCC1. The number of hydrogen-bond donors (Lipinski definition) is 2. The third-order valence-corrected chi connectivity index (χ3v) is 4.41. The first kappa shape index (κ1) is 10.9. The highest BCUT2D eigenvalue weighted by atomic mass is 32.2. The summed E-state index contributed by atoms with van der Waals surface area (Å²) in [5.74, 6) is -0.865. The maximum absolute atomic E-state index is 10.8. The van der Waals surface area contributed by atoms with Crippen molar-refractivity contribution >= 4 is 17.7 Å². The molecule has 1 fully saturated rings. The molecule has 0 amide bonds. The van der Waals surface area contributed by atoms with Crippen LogP contribution < -0.4 is 5.73 Å². The Balaban J connectivity index is 2.72. The Bertz CT molecular complexity index is 190. The highest BCUT2D eigenvalue weighted by Crippen LogP contribution is 2.40. The van der Waals surface area contributed by atoms with Crippen molar-refractivity contribution < 1.29 is 9.90 Å². The number of thioether (sulfide) groups is 1. The van der Waals surface area contributed by atoms with Gasteiger partial charge < -0.3 is 10.8 Å². The molecule has 0 saturated heterocycles. The summed E-state index contributed by atoms with van der Waals surface area (Å²) < 4.78 is -0.204. The average Bonchev–Trinajstić information content (AvgIpc) is 2.17. The van der Waals surface area contributed by atoms with Crippen molar-refractivity contribution in [3.63, 3.8) is 0 Å². The van der Waals surface area contributed by atoms with Gasteiger partial charge in [0.25, 0.3) is 0 Å². The molecule has 1 unspecified atom stereocenters. The van der Waals surface area contributed by atoms with E-state index in [2.05, 4.69) is 0 Å². The van der Waals surface area contributed by atoms with E-state index in [0.717, 1.165) is 25.7 Å². The molecule has 0 spiro atoms. The Morgan fingerprint density at radius 3 is 2.38 bits per heavy atom. The average molecular weight is 203 g/mol. The third-order valence-electron chi connectivity index (χ3n) is 2.94. The van der Waals surface area contributed by atoms with Gasteiger partial charge in [-0.15, -0.1) is 0 Å². The highest BCUT2D eigenvalue weighted by molar-refractivity contribution is 8.00. The molecule has 0 aromatic carbocycles. The van der Waals surface area contributed by atoms with Crippen LogP contribution in [0.4, 0.5) is 0 Å². The van der Waals surface area contributed by atoms with Crippen LogP contribution >= 0.6 is 11.8 Å². The third kappa shape index (κ3) is 2.17. The maximum atomic E-state index is 10.8. The van der Waals surface area contributed by atoms with E-state index in [0.29, 0.717) is 0 Å². The second-order valence-corrected chi connectivity index (χ2v) is 4.87. The van der Waals surface area contributed by atoms with Gasteiger partial charge in [-0.05, 0) is 19.1 Å². The highest BCUT2D eigenvalue weighted by Gasteiger charge is 2.40. The van der Waals surface area contributed by atoms with E-state index >= 15 is 0 Å². The number of aliphatic carboxylic acids is 1. The van der Waals surface area contributed by atoms with Gasteiger partial charge in [-0.3, -0.25) is 4.79 Å². The van der Waals surface area contributed by atoms with Crippen LogP contribution in [0.15, 0.2) is 0 Å². The predicted molar refractivity (Wildman–Crippen MR) is 54.9 cm³/mol. The summed E-state index contributed by atoms with van der Waals surface area (Å²) in [7, 11) is 0. The molecule has 0 aromatic heterocycles. The second kappa shape index (κ2) is 4.33. The molecule has 13 heavy (non-hydrogen) atoms. The van der Waals surface area contributed by atoms with Crippen LogP contribution in [0.1, 0.15) is 32.1 Å². The topological polar surface area (TPSA) is 63.3 Å². The molecule has 3 nitrogen and oxygen atoms in total. The van der Waals surface area contributed by atoms with Crippen molar-refractivity contribution in [1.29, 1.82) is 0 Å². The second-order valence-electron chi connectivity index (χ2n) is 3.65. The van der Waals surface area contributed by atoms with Crippen LogP contribution in [-0.4, -0.2) is 28.1 Å². The first-order valence-electron chi connectivity index (χ1n) is 4.66. The zero-order valence-electron chi connectivity index (χ0n) is 7.95. The molecule has 0 radical (unpaired) electrons. The van der Waals surface area contributed by atoms with Crippen molar-refractivity contribution in [3.05, 3.63) is 0 Å². The Hall–Kier alpha value is -0.220. The first-order valence-corrected chi connectivity index (χ1v) is 5.88. The first-order chi connectivity index (χ1) is 6.12. The monoisotopic (exact) mass is 203 g/mol. The van der Waals surface area contributed by atoms with Crippen LogP contribution in [0.25, 0.3) is 0 Å². The van der Waals surface area contributed by atoms with Gasteiger partial charge in [0.15, 0.2) is 0 Å². The van der Waals surface area contributed by atoms with E-state index in [1.165, 1.54) is 6.42 Å². The van der Waals surface area contributed by atoms with E-state index in [9.17, 15) is 4.79 Å². The van der Waals surface area contributed by atoms with E-state index in [1.807, 2.05) is 6.26 Å². The zero-order valence-corrected chi connectivity index (χ0v) is 8.77. The molecule has 1 saturated carbocycles. The molecule has 1 rings (SSSR count). The molecule has 3 N–H and O–H groups in total. The Kier molecular flexibility index (Phi) is 3.62. The number of hydrogen-bond acceptors (Lipinski definition) is 3. The standard InChI is InChI=1S/C9H17NO2S/c1-13-9(7(10)8(11)12)5-3-2-4-6-9/h7H,2-6,10H2,1H3,(H,11,12). The summed E-state index contributed by atoms with van der Waals surface area (Å²) in [5.41, 5.74) is 5.72. The molecular formula is C9H17NO2S. The van der Waals surface area contributed by atoms with Gasteiger partial charge in [-0.1, -0.05) is 19.3 Å². The van der Waals surface area contributed by atoms with Crippen molar-refractivity contribution in [2.75, 3.05) is 6.26 Å². The quantitative estimate of drug-likeness (QED) is 0.729. The van der Waals surface area contributed by atoms with Crippen LogP contribution in [0.2, 0.25) is 0 Å². The normalized spacial score (nSPS) is 23.8. The van der Waals surface area contributed by atoms with Crippen molar-refractivity contribution in [1.82, 2.24) is 0 Å². The summed E-state index contributed by atoms with van der Waals surface area (Å²) >= 11 is 1.62. The Morgan fingerprint density at radius 2 is 2.00 bits per heavy atom. The van der Waals surface area contributed by atoms with E-state index < -0.39 is 12.0 Å². The largest absolute Gasteiger partial charge is 0.480 e. The number of carboxylic acids is 1. The van der Waals surface area contributed by atoms with Gasteiger partial charge in [-0.2, -0.15) is 11.8 Å². The summed E-state index contributed by atoms with van der Waals surface area (Å²) in [5, 5.41) is 8.89. The lowest BCUT2D eigenvalue weighted by Gasteiger charge is -2.38. The fraction of sp³-hybridized carbons (Fsp3) is 0.889. The van der Waals surface area contributed by atoms with Crippen LogP contribution in [-0.2, 0) is 4.79 Å². The molecule has 0 bridgehead atoms. The fourth-order valence-electron chi connectivity index (χ4n) is 2.02. The van der Waals surface area contributed by atoms with Crippen LogP contribution in [0.5, 0.6) is 0 Å². The van der Waals surface area contributed by atoms with E-state index in [1.54, 1.807) is 11.8 Å². The lowest BCUT2D eigenvalue weighted by molar-refractivity contribution is -0.139. The van der Waals surface area contributed by atoms with Gasteiger partial charge in [-0.25, -0.2) is 0 Å². The summed E-state index contributed by atoms with van der Waals surface area (Å²) in [6.45, 7) is 0. The Labute approximate surface area is 83.1 Å². The van der Waals surface area contributed by atoms with Gasteiger partial charge >= 0.3 is 5.97 Å². The molecule has 0 aromatic rings. The van der Waals surface area contributed by atoms with Crippen LogP contribution in [0, 0.1) is 0 Å². The van der Waals surface area contributed by atoms with Gasteiger partial charge in [0.1, 0.15) is 6.04 Å². The van der Waals surface area contributed by atoms with E-state index in [-0.39, 0.29) is 4.75 Å². The minimum atomic E-state index is -0.865. The van der Waals surface area contributed by atoms with Crippen molar-refractivity contribution in [2.45, 2.75) is 42.9 Å². The fourth-order valence-corrected chi connectivity index (χ4v) is 3.07. The Morgan fingerprint density at radius 1 is 1.46 bits per heavy atom. The van der Waals surface area contributed by atoms with Gasteiger partial charge in [0.2, 0.25) is 0 Å². The smallest absolute Gasteiger partial charge is 0.321 e. The maximum Gasteiger partial charge on any atom is 0.321 e. The molecule has 4 heteroatoms. The number of nitrogens with two attached hydrogens (primary N) is 1. The molecule has 76 valence electrons. The minimum absolute atomic E-state index is 0.204. The van der Waals surface area contributed by atoms with Gasteiger partial charge in [0, 0.05) is 4.75 Å². The molecule has 1 aliphatic rings. The minimum Gasteiger partial charge on any atom is -0.480 e. The summed E-state index contributed by atoms with van der Waals surface area (Å²) in [6, 6.07) is -0.706. The summed E-state index contributed by atoms with van der Waals surface area (Å²) in [6.07, 6.45) is 7.30. The zero-order chi connectivity index (χ0) is 9.90. The lowest BCUT2D eigenvalue weighted by Crippen LogP contribution is -2.51. The lowest BCUT2D eigenvalue weighted by atomic mass is 9.83. The van der Waals surface area contributed by atoms with Crippen molar-refractivity contribution in [2.24, 2.45) is 5.73 Å². The molecule has 1 atom stereocenters. The number of carbonyl (C=O) groups is 1. The predicted octanol–water partition coefficient (Wildman–Crippen LogP) is 1.46. The molecule has 1 aliphatic carbocycles. The molecule has 0 aliphatic heterocycles. The van der Waals surface area contributed by atoms with Crippen LogP contribution in [0.3, 0.4) is 0 Å². The number of rotatable bonds is 3. The summed E-state index contributed by atoms with van der Waals surface area (Å²) in [4.78, 5) is 10.8. The van der Waals surface area contributed by atoms with E-state index in [4.69, 9.17) is 10.8 Å².